The Labute approximate surface area is 115 Å². The van der Waals surface area contributed by atoms with Crippen molar-refractivity contribution in [2.24, 2.45) is 0 Å². The van der Waals surface area contributed by atoms with Gasteiger partial charge in [0.1, 0.15) is 15.3 Å². The van der Waals surface area contributed by atoms with Gasteiger partial charge in [0.05, 0.1) is 0 Å². The highest BCUT2D eigenvalue weighted by atomic mass is 16.1. The van der Waals surface area contributed by atoms with Gasteiger partial charge in [-0.2, -0.15) is 0 Å². The molecule has 0 aliphatic carbocycles. The van der Waals surface area contributed by atoms with Crippen molar-refractivity contribution in [3.05, 3.63) is 70.8 Å². The summed E-state index contributed by atoms with van der Waals surface area (Å²) in [6.45, 7) is 4.09. The summed E-state index contributed by atoms with van der Waals surface area (Å²) < 4.78 is 14.2. The molecule has 0 heterocycles. The van der Waals surface area contributed by atoms with Crippen molar-refractivity contribution < 1.29 is 12.3 Å². The molecule has 0 aromatic heterocycles. The molecule has 96 valence electrons. The lowest BCUT2D eigenvalue weighted by Gasteiger charge is -2.26. The molecule has 0 spiro atoms. The minimum absolute atomic E-state index is 0.298. The monoisotopic (exact) mass is 256 g/mol. The Balaban J connectivity index is 2.36. The normalized spacial score (nSPS) is 12.5. The van der Waals surface area contributed by atoms with Gasteiger partial charge in [0.2, 0.25) is 0 Å². The van der Waals surface area contributed by atoms with E-state index in [1.807, 2.05) is 38.1 Å². The maximum absolute atomic E-state index is 11.0. The highest BCUT2D eigenvalue weighted by Gasteiger charge is 2.22. The first kappa shape index (κ1) is 10.7. The first-order chi connectivity index (χ1) is 9.82. The van der Waals surface area contributed by atoms with E-state index < -0.39 is 12.5 Å². The standard InChI is InChI=1S/C17H16O2/c1-17(2,15-7-3-13(11-18)4-8-15)16-9-5-14(12-19)6-10-16/h3-12H,1-2H3/i11T,12T. The second kappa shape index (κ2) is 5.19. The van der Waals surface area contributed by atoms with Gasteiger partial charge in [0, 0.05) is 16.5 Å². The summed E-state index contributed by atoms with van der Waals surface area (Å²) in [6.07, 6.45) is -1.39. The van der Waals surface area contributed by atoms with E-state index in [4.69, 9.17) is 2.74 Å². The molecule has 0 aliphatic heterocycles. The third-order valence-electron chi connectivity index (χ3n) is 3.45. The molecular weight excluding hydrogens is 236 g/mol. The smallest absolute Gasteiger partial charge is 0.150 e. The van der Waals surface area contributed by atoms with Crippen molar-refractivity contribution in [3.8, 4) is 0 Å². The number of carbonyl (C=O) groups excluding carboxylic acids is 2. The van der Waals surface area contributed by atoms with Crippen LogP contribution in [-0.2, 0) is 5.41 Å². The van der Waals surface area contributed by atoms with Gasteiger partial charge in [-0.3, -0.25) is 9.59 Å². The minimum atomic E-state index is -0.697. The van der Waals surface area contributed by atoms with E-state index in [1.54, 1.807) is 24.3 Å². The van der Waals surface area contributed by atoms with Crippen LogP contribution < -0.4 is 0 Å². The van der Waals surface area contributed by atoms with Crippen molar-refractivity contribution in [3.63, 3.8) is 0 Å². The van der Waals surface area contributed by atoms with Gasteiger partial charge in [0.15, 0.2) is 0 Å². The summed E-state index contributed by atoms with van der Waals surface area (Å²) in [5, 5.41) is 0. The average molecular weight is 256 g/mol. The summed E-state index contributed by atoms with van der Waals surface area (Å²) >= 11 is 0. The van der Waals surface area contributed by atoms with E-state index in [-0.39, 0.29) is 5.41 Å². The zero-order chi connectivity index (χ0) is 15.6. The predicted molar refractivity (Wildman–Crippen MR) is 75.8 cm³/mol. The Kier molecular flexibility index (Phi) is 2.92. The second-order valence-electron chi connectivity index (χ2n) is 4.98. The fourth-order valence-corrected chi connectivity index (χ4v) is 2.08. The lowest BCUT2D eigenvalue weighted by atomic mass is 9.78. The molecule has 2 aromatic carbocycles. The number of benzene rings is 2. The molecule has 2 aromatic rings. The molecule has 0 N–H and O–H groups in total. The van der Waals surface area contributed by atoms with E-state index in [1.165, 1.54) is 0 Å². The Morgan fingerprint density at radius 1 is 0.789 bits per heavy atom. The number of aldehydes is 2. The van der Waals surface area contributed by atoms with Crippen molar-refractivity contribution >= 4 is 12.5 Å². The third kappa shape index (κ3) is 2.63. The maximum atomic E-state index is 11.0. The molecule has 0 amide bonds. The lowest BCUT2D eigenvalue weighted by molar-refractivity contribution is 0.111. The summed E-state index contributed by atoms with van der Waals surface area (Å²) in [4.78, 5) is 22.0. The highest BCUT2D eigenvalue weighted by molar-refractivity contribution is 5.75. The van der Waals surface area contributed by atoms with Crippen molar-refractivity contribution in [2.45, 2.75) is 19.3 Å². The quantitative estimate of drug-likeness (QED) is 0.783. The lowest BCUT2D eigenvalue weighted by Crippen LogP contribution is -2.18. The fourth-order valence-electron chi connectivity index (χ4n) is 2.08. The molecule has 0 fully saturated rings. The molecular formula is C17H16O2. The van der Waals surface area contributed by atoms with Gasteiger partial charge in [-0.15, -0.1) is 0 Å². The first-order valence-electron chi connectivity index (χ1n) is 7.05. The van der Waals surface area contributed by atoms with Crippen LogP contribution in [0.4, 0.5) is 0 Å². The van der Waals surface area contributed by atoms with Crippen LogP contribution in [0.15, 0.2) is 48.5 Å². The number of rotatable bonds is 4. The summed E-state index contributed by atoms with van der Waals surface area (Å²) in [5.41, 5.74) is 2.46. The van der Waals surface area contributed by atoms with Crippen LogP contribution in [0.25, 0.3) is 0 Å². The van der Waals surface area contributed by atoms with Crippen LogP contribution in [-0.4, -0.2) is 12.5 Å². The maximum Gasteiger partial charge on any atom is 0.150 e. The molecule has 2 rings (SSSR count). The third-order valence-corrected chi connectivity index (χ3v) is 3.45. The molecule has 0 bridgehead atoms. The van der Waals surface area contributed by atoms with Crippen LogP contribution in [0.3, 0.4) is 0 Å². The van der Waals surface area contributed by atoms with E-state index in [9.17, 15) is 9.59 Å². The summed E-state index contributed by atoms with van der Waals surface area (Å²) in [7, 11) is 0. The fraction of sp³-hybridized carbons (Fsp3) is 0.176. The average Bonchev–Trinajstić information content (AvgIpc) is 2.47. The van der Waals surface area contributed by atoms with Crippen LogP contribution in [0, 0.1) is 0 Å². The van der Waals surface area contributed by atoms with Crippen LogP contribution in [0.2, 0.25) is 0 Å². The number of carbonyl (C=O) groups is 2. The largest absolute Gasteiger partial charge is 0.298 e. The topological polar surface area (TPSA) is 34.1 Å². The van der Waals surface area contributed by atoms with Crippen LogP contribution >= 0.6 is 0 Å². The van der Waals surface area contributed by atoms with Gasteiger partial charge >= 0.3 is 0 Å². The van der Waals surface area contributed by atoms with Crippen LogP contribution in [0.1, 0.15) is 48.4 Å². The highest BCUT2D eigenvalue weighted by Crippen LogP contribution is 2.31. The van der Waals surface area contributed by atoms with E-state index in [0.717, 1.165) is 11.1 Å². The molecule has 0 radical (unpaired) electrons. The Bertz CT molecular complexity index is 611. The minimum Gasteiger partial charge on any atom is -0.298 e. The first-order valence-corrected chi connectivity index (χ1v) is 6.05. The van der Waals surface area contributed by atoms with Crippen molar-refractivity contribution in [1.82, 2.24) is 0 Å². The second-order valence-corrected chi connectivity index (χ2v) is 4.98. The molecule has 2 nitrogen and oxygen atoms in total. The zero-order valence-corrected chi connectivity index (χ0v) is 10.9. The van der Waals surface area contributed by atoms with Crippen molar-refractivity contribution in [2.75, 3.05) is 0 Å². The van der Waals surface area contributed by atoms with Gasteiger partial charge in [-0.1, -0.05) is 62.4 Å². The van der Waals surface area contributed by atoms with Gasteiger partial charge in [-0.05, 0) is 11.1 Å². The van der Waals surface area contributed by atoms with Gasteiger partial charge in [0.25, 0.3) is 0 Å². The molecule has 0 unspecified atom stereocenters. The molecule has 2 heteroatoms. The van der Waals surface area contributed by atoms with Gasteiger partial charge < -0.3 is 0 Å². The SMILES string of the molecule is [3H]C(=O)c1ccc(C(C)(C)c2ccc(C([3H])=O)cc2)cc1. The van der Waals surface area contributed by atoms with Crippen LogP contribution in [0.5, 0.6) is 0 Å². The zero-order valence-electron chi connectivity index (χ0n) is 12.9. The number of hydrogen-bond acceptors (Lipinski definition) is 2. The van der Waals surface area contributed by atoms with E-state index in [2.05, 4.69) is 0 Å². The number of hydrogen-bond donors (Lipinski definition) is 0. The molecule has 0 aliphatic rings. The Hall–Kier alpha value is -2.22. The van der Waals surface area contributed by atoms with Gasteiger partial charge in [-0.25, -0.2) is 0 Å². The summed E-state index contributed by atoms with van der Waals surface area (Å²) in [5.74, 6) is 0. The van der Waals surface area contributed by atoms with E-state index >= 15 is 0 Å². The molecule has 0 saturated carbocycles. The van der Waals surface area contributed by atoms with Crippen molar-refractivity contribution in [1.29, 1.82) is 0 Å². The molecule has 19 heavy (non-hydrogen) atoms. The Morgan fingerprint density at radius 2 is 1.11 bits per heavy atom. The predicted octanol–water partition coefficient (Wildman–Crippen LogP) is 3.64. The molecule has 0 atom stereocenters. The molecule has 0 saturated heterocycles. The van der Waals surface area contributed by atoms with E-state index in [0.29, 0.717) is 11.1 Å². The Morgan fingerprint density at radius 3 is 1.37 bits per heavy atom. The summed E-state index contributed by atoms with van der Waals surface area (Å²) in [6, 6.07) is 13.9.